The Bertz CT molecular complexity index is 802. The van der Waals surface area contributed by atoms with E-state index in [1.807, 2.05) is 4.57 Å². The molecule has 0 spiro atoms. The van der Waals surface area contributed by atoms with Gasteiger partial charge in [-0.25, -0.2) is 9.97 Å². The zero-order chi connectivity index (χ0) is 18.5. The standard InChI is InChI=1S/C20H30N4O2/c1-3-4-5-9-12-16(14(2)25)24-13-21-17-19(24)22-18(23-20(17)26)15-10-7-6-8-11-15/h13,15-16H,3-12H2,1-2H3,(H,22,23,26). The predicted molar refractivity (Wildman–Crippen MR) is 102 cm³/mol. The molecule has 1 saturated carbocycles. The summed E-state index contributed by atoms with van der Waals surface area (Å²) in [5.41, 5.74) is 0.706. The van der Waals surface area contributed by atoms with Crippen LogP contribution in [-0.2, 0) is 4.79 Å². The lowest BCUT2D eigenvalue weighted by Crippen LogP contribution is -2.20. The number of aromatic nitrogens is 4. The van der Waals surface area contributed by atoms with Crippen LogP contribution < -0.4 is 5.56 Å². The molecule has 0 amide bonds. The Kier molecular flexibility index (Phi) is 6.22. The minimum absolute atomic E-state index is 0.0992. The number of carbonyl (C=O) groups excluding carboxylic acids is 1. The van der Waals surface area contributed by atoms with E-state index in [1.54, 1.807) is 13.3 Å². The van der Waals surface area contributed by atoms with E-state index in [-0.39, 0.29) is 17.4 Å². The molecular formula is C20H30N4O2. The highest BCUT2D eigenvalue weighted by atomic mass is 16.1. The van der Waals surface area contributed by atoms with Crippen molar-refractivity contribution in [3.63, 3.8) is 0 Å². The maximum Gasteiger partial charge on any atom is 0.279 e. The molecule has 2 aromatic heterocycles. The number of H-pyrrole nitrogens is 1. The van der Waals surface area contributed by atoms with Crippen LogP contribution in [0.5, 0.6) is 0 Å². The zero-order valence-corrected chi connectivity index (χ0v) is 16.0. The van der Waals surface area contributed by atoms with E-state index in [9.17, 15) is 9.59 Å². The molecule has 26 heavy (non-hydrogen) atoms. The van der Waals surface area contributed by atoms with E-state index >= 15 is 0 Å². The van der Waals surface area contributed by atoms with Crippen molar-refractivity contribution in [3.8, 4) is 0 Å². The van der Waals surface area contributed by atoms with Crippen molar-refractivity contribution in [1.29, 1.82) is 0 Å². The fraction of sp³-hybridized carbons (Fsp3) is 0.700. The van der Waals surface area contributed by atoms with Crippen molar-refractivity contribution in [2.45, 2.75) is 90.0 Å². The average molecular weight is 358 g/mol. The van der Waals surface area contributed by atoms with E-state index in [2.05, 4.69) is 16.9 Å². The summed E-state index contributed by atoms with van der Waals surface area (Å²) >= 11 is 0. The Morgan fingerprint density at radius 3 is 2.73 bits per heavy atom. The monoisotopic (exact) mass is 358 g/mol. The lowest BCUT2D eigenvalue weighted by atomic mass is 9.89. The van der Waals surface area contributed by atoms with Crippen LogP contribution in [0.4, 0.5) is 0 Å². The molecule has 0 bridgehead atoms. The average Bonchev–Trinajstić information content (AvgIpc) is 3.06. The predicted octanol–water partition coefficient (Wildman–Crippen LogP) is 4.27. The number of imidazole rings is 1. The first-order chi connectivity index (χ1) is 12.6. The minimum atomic E-state index is -0.287. The highest BCUT2D eigenvalue weighted by Gasteiger charge is 2.23. The number of Topliss-reactive ketones (excluding diaryl/α,β-unsaturated/α-hetero) is 1. The van der Waals surface area contributed by atoms with Gasteiger partial charge in [0.05, 0.1) is 12.4 Å². The summed E-state index contributed by atoms with van der Waals surface area (Å²) in [6.07, 6.45) is 12.6. The van der Waals surface area contributed by atoms with Gasteiger partial charge in [-0.15, -0.1) is 0 Å². The van der Waals surface area contributed by atoms with Crippen LogP contribution in [0.25, 0.3) is 11.2 Å². The van der Waals surface area contributed by atoms with E-state index in [0.717, 1.165) is 37.9 Å². The lowest BCUT2D eigenvalue weighted by molar-refractivity contribution is -0.120. The van der Waals surface area contributed by atoms with Crippen molar-refractivity contribution in [3.05, 3.63) is 22.5 Å². The van der Waals surface area contributed by atoms with Gasteiger partial charge in [0, 0.05) is 5.92 Å². The molecule has 0 aliphatic heterocycles. The van der Waals surface area contributed by atoms with E-state index < -0.39 is 0 Å². The van der Waals surface area contributed by atoms with E-state index in [4.69, 9.17) is 4.98 Å². The number of rotatable bonds is 8. The number of nitrogens with zero attached hydrogens (tertiary/aromatic N) is 3. The first-order valence-electron chi connectivity index (χ1n) is 10.1. The molecule has 1 fully saturated rings. The topological polar surface area (TPSA) is 80.6 Å². The Morgan fingerprint density at radius 1 is 1.27 bits per heavy atom. The molecule has 1 unspecified atom stereocenters. The number of nitrogens with one attached hydrogen (secondary N) is 1. The molecule has 0 radical (unpaired) electrons. The second-order valence-corrected chi connectivity index (χ2v) is 7.59. The Morgan fingerprint density at radius 2 is 2.04 bits per heavy atom. The fourth-order valence-corrected chi connectivity index (χ4v) is 4.04. The van der Waals surface area contributed by atoms with E-state index in [1.165, 1.54) is 32.1 Å². The van der Waals surface area contributed by atoms with Gasteiger partial charge in [0.15, 0.2) is 16.9 Å². The summed E-state index contributed by atoms with van der Waals surface area (Å²) in [6.45, 7) is 3.79. The number of ketones is 1. The third-order valence-electron chi connectivity index (χ3n) is 5.58. The first kappa shape index (κ1) is 18.8. The third-order valence-corrected chi connectivity index (χ3v) is 5.58. The molecule has 2 aromatic rings. The van der Waals surface area contributed by atoms with Gasteiger partial charge in [-0.1, -0.05) is 51.9 Å². The van der Waals surface area contributed by atoms with Gasteiger partial charge in [-0.3, -0.25) is 9.59 Å². The van der Waals surface area contributed by atoms with Crippen LogP contribution in [0.2, 0.25) is 0 Å². The number of unbranched alkanes of at least 4 members (excludes halogenated alkanes) is 3. The fourth-order valence-electron chi connectivity index (χ4n) is 4.04. The molecule has 0 saturated heterocycles. The largest absolute Gasteiger partial charge is 0.308 e. The van der Waals surface area contributed by atoms with Gasteiger partial charge in [-0.2, -0.15) is 0 Å². The van der Waals surface area contributed by atoms with Gasteiger partial charge in [0.25, 0.3) is 5.56 Å². The Labute approximate surface area is 154 Å². The SMILES string of the molecule is CCCCCCC(C(C)=O)n1cnc2c(=O)[nH]c(C3CCCCC3)nc21. The molecule has 1 aliphatic rings. The second kappa shape index (κ2) is 8.60. The van der Waals surface area contributed by atoms with Crippen LogP contribution in [0.3, 0.4) is 0 Å². The highest BCUT2D eigenvalue weighted by molar-refractivity contribution is 5.82. The Balaban J connectivity index is 1.92. The molecule has 142 valence electrons. The van der Waals surface area contributed by atoms with E-state index in [0.29, 0.717) is 17.1 Å². The molecule has 6 heteroatoms. The van der Waals surface area contributed by atoms with Gasteiger partial charge in [0.2, 0.25) is 0 Å². The molecule has 3 rings (SSSR count). The van der Waals surface area contributed by atoms with Crippen molar-refractivity contribution < 1.29 is 4.79 Å². The molecule has 1 N–H and O–H groups in total. The molecule has 0 aromatic carbocycles. The summed E-state index contributed by atoms with van der Waals surface area (Å²) in [6, 6.07) is -0.287. The van der Waals surface area contributed by atoms with Crippen LogP contribution in [-0.4, -0.2) is 25.3 Å². The maximum atomic E-state index is 12.5. The Hall–Kier alpha value is -1.98. The van der Waals surface area contributed by atoms with Crippen LogP contribution in [0.15, 0.2) is 11.1 Å². The molecule has 1 atom stereocenters. The number of hydrogen-bond acceptors (Lipinski definition) is 4. The van der Waals surface area contributed by atoms with Crippen LogP contribution in [0.1, 0.15) is 95.8 Å². The summed E-state index contributed by atoms with van der Waals surface area (Å²) in [5, 5.41) is 0. The molecule has 6 nitrogen and oxygen atoms in total. The smallest absolute Gasteiger partial charge is 0.279 e. The zero-order valence-electron chi connectivity index (χ0n) is 16.0. The number of hydrogen-bond donors (Lipinski definition) is 1. The second-order valence-electron chi connectivity index (χ2n) is 7.59. The third kappa shape index (κ3) is 4.05. The normalized spacial score (nSPS) is 16.8. The van der Waals surface area contributed by atoms with Crippen molar-refractivity contribution in [2.75, 3.05) is 0 Å². The first-order valence-corrected chi connectivity index (χ1v) is 10.1. The lowest BCUT2D eigenvalue weighted by Gasteiger charge is -2.21. The van der Waals surface area contributed by atoms with Crippen molar-refractivity contribution in [2.24, 2.45) is 0 Å². The van der Waals surface area contributed by atoms with Gasteiger partial charge in [-0.05, 0) is 26.2 Å². The number of carbonyl (C=O) groups is 1. The molecular weight excluding hydrogens is 328 g/mol. The van der Waals surface area contributed by atoms with Crippen LogP contribution in [0, 0.1) is 0 Å². The highest BCUT2D eigenvalue weighted by Crippen LogP contribution is 2.31. The minimum Gasteiger partial charge on any atom is -0.308 e. The summed E-state index contributed by atoms with van der Waals surface area (Å²) in [5.74, 6) is 1.17. The summed E-state index contributed by atoms with van der Waals surface area (Å²) in [4.78, 5) is 36.7. The van der Waals surface area contributed by atoms with Crippen LogP contribution >= 0.6 is 0 Å². The summed E-state index contributed by atoms with van der Waals surface area (Å²) in [7, 11) is 0. The molecule has 2 heterocycles. The van der Waals surface area contributed by atoms with Crippen molar-refractivity contribution in [1.82, 2.24) is 19.5 Å². The number of aromatic amines is 1. The summed E-state index contributed by atoms with van der Waals surface area (Å²) < 4.78 is 1.82. The number of fused-ring (bicyclic) bond motifs is 1. The van der Waals surface area contributed by atoms with Gasteiger partial charge < -0.3 is 9.55 Å². The van der Waals surface area contributed by atoms with Crippen molar-refractivity contribution >= 4 is 16.9 Å². The quantitative estimate of drug-likeness (QED) is 0.715. The van der Waals surface area contributed by atoms with Gasteiger partial charge in [0.1, 0.15) is 5.82 Å². The molecule has 1 aliphatic carbocycles. The maximum absolute atomic E-state index is 12.5. The van der Waals surface area contributed by atoms with Gasteiger partial charge >= 0.3 is 0 Å².